The molecule has 0 atom stereocenters. The van der Waals surface area contributed by atoms with Gasteiger partial charge >= 0.3 is 0 Å². The average molecular weight is 430 g/mol. The molecule has 1 saturated heterocycles. The number of halogens is 3. The number of hydrogen-bond donors (Lipinski definition) is 3. The third-order valence-electron chi connectivity index (χ3n) is 5.51. The van der Waals surface area contributed by atoms with Gasteiger partial charge in [0.05, 0.1) is 11.2 Å². The molecule has 0 saturated carbocycles. The second-order valence-corrected chi connectivity index (χ2v) is 7.93. The molecule has 3 N–H and O–H groups in total. The van der Waals surface area contributed by atoms with E-state index in [0.717, 1.165) is 16.6 Å². The van der Waals surface area contributed by atoms with Crippen molar-refractivity contribution in [2.75, 3.05) is 23.3 Å². The number of amides is 1. The molecule has 30 heavy (non-hydrogen) atoms. The van der Waals surface area contributed by atoms with Gasteiger partial charge in [0.1, 0.15) is 0 Å². The Balaban J connectivity index is 1.39. The number of nitrogens with one attached hydrogen (secondary N) is 3. The molecule has 0 aliphatic carbocycles. The molecule has 0 radical (unpaired) electrons. The van der Waals surface area contributed by atoms with Gasteiger partial charge in [0.2, 0.25) is 0 Å². The first kappa shape index (κ1) is 18.9. The number of aromatic amines is 2. The SMILES string of the molecule is O=C(Nc1c[nH]c2ccc(Cl)cc12)c1n[nH]c2cc(N3CCC(F)(F)CC3)ccc12. The molecule has 3 heterocycles. The Morgan fingerprint density at radius 2 is 1.90 bits per heavy atom. The summed E-state index contributed by atoms with van der Waals surface area (Å²) in [6.07, 6.45) is 1.39. The molecule has 1 aliphatic rings. The van der Waals surface area contributed by atoms with E-state index in [4.69, 9.17) is 11.6 Å². The summed E-state index contributed by atoms with van der Waals surface area (Å²) in [6, 6.07) is 10.9. The fourth-order valence-corrected chi connectivity index (χ4v) is 4.02. The van der Waals surface area contributed by atoms with Crippen LogP contribution in [0.3, 0.4) is 0 Å². The molecule has 1 fully saturated rings. The van der Waals surface area contributed by atoms with Crippen molar-refractivity contribution in [3.8, 4) is 0 Å². The maximum atomic E-state index is 13.4. The van der Waals surface area contributed by atoms with E-state index in [1.54, 1.807) is 24.4 Å². The lowest BCUT2D eigenvalue weighted by Gasteiger charge is -2.33. The van der Waals surface area contributed by atoms with Gasteiger partial charge < -0.3 is 15.2 Å². The van der Waals surface area contributed by atoms with Gasteiger partial charge in [-0.3, -0.25) is 9.89 Å². The molecule has 2 aromatic heterocycles. The van der Waals surface area contributed by atoms with Gasteiger partial charge in [-0.2, -0.15) is 5.10 Å². The molecular formula is C21H18ClF2N5O. The number of anilines is 2. The normalized spacial score (nSPS) is 16.3. The summed E-state index contributed by atoms with van der Waals surface area (Å²) < 4.78 is 26.8. The first-order valence-corrected chi connectivity index (χ1v) is 9.96. The van der Waals surface area contributed by atoms with Gasteiger partial charge in [-0.05, 0) is 36.4 Å². The van der Waals surface area contributed by atoms with E-state index in [-0.39, 0.29) is 24.4 Å². The number of piperidine rings is 1. The van der Waals surface area contributed by atoms with Crippen molar-refractivity contribution in [1.82, 2.24) is 15.2 Å². The van der Waals surface area contributed by atoms with Crippen molar-refractivity contribution in [2.45, 2.75) is 18.8 Å². The quantitative estimate of drug-likeness (QED) is 0.419. The maximum absolute atomic E-state index is 13.4. The molecule has 5 rings (SSSR count). The van der Waals surface area contributed by atoms with Crippen LogP contribution in [0.15, 0.2) is 42.6 Å². The topological polar surface area (TPSA) is 76.8 Å². The number of nitrogens with zero attached hydrogens (tertiary/aromatic N) is 2. The van der Waals surface area contributed by atoms with Crippen LogP contribution >= 0.6 is 11.6 Å². The molecule has 9 heteroatoms. The van der Waals surface area contributed by atoms with Crippen molar-refractivity contribution >= 4 is 50.7 Å². The fraction of sp³-hybridized carbons (Fsp3) is 0.238. The molecule has 6 nitrogen and oxygen atoms in total. The molecule has 4 aromatic rings. The number of H-pyrrole nitrogens is 2. The van der Waals surface area contributed by atoms with Crippen LogP contribution in [-0.2, 0) is 0 Å². The van der Waals surface area contributed by atoms with Crippen molar-refractivity contribution in [3.05, 3.63) is 53.3 Å². The Hall–Kier alpha value is -3.13. The van der Waals surface area contributed by atoms with Crippen LogP contribution < -0.4 is 10.2 Å². The van der Waals surface area contributed by atoms with E-state index < -0.39 is 5.92 Å². The summed E-state index contributed by atoms with van der Waals surface area (Å²) in [5.74, 6) is -2.94. The zero-order valence-corrected chi connectivity index (χ0v) is 16.6. The Bertz CT molecular complexity index is 1250. The molecule has 154 valence electrons. The third kappa shape index (κ3) is 3.37. The number of rotatable bonds is 3. The molecule has 2 aromatic carbocycles. The number of carbonyl (C=O) groups is 1. The van der Waals surface area contributed by atoms with Crippen molar-refractivity contribution < 1.29 is 13.6 Å². The van der Waals surface area contributed by atoms with Crippen molar-refractivity contribution in [2.24, 2.45) is 0 Å². The Morgan fingerprint density at radius 3 is 2.70 bits per heavy atom. The lowest BCUT2D eigenvalue weighted by Crippen LogP contribution is -2.39. The Kier molecular flexibility index (Phi) is 4.39. The van der Waals surface area contributed by atoms with Crippen molar-refractivity contribution in [3.63, 3.8) is 0 Å². The number of benzene rings is 2. The summed E-state index contributed by atoms with van der Waals surface area (Å²) >= 11 is 6.07. The largest absolute Gasteiger partial charge is 0.371 e. The molecule has 0 bridgehead atoms. The minimum absolute atomic E-state index is 0.156. The van der Waals surface area contributed by atoms with Gasteiger partial charge in [0, 0.05) is 59.1 Å². The van der Waals surface area contributed by atoms with Gasteiger partial charge in [-0.1, -0.05) is 11.6 Å². The highest BCUT2D eigenvalue weighted by Crippen LogP contribution is 2.32. The van der Waals surface area contributed by atoms with Crippen LogP contribution in [0.1, 0.15) is 23.3 Å². The molecule has 1 aliphatic heterocycles. The van der Waals surface area contributed by atoms with Gasteiger partial charge in [-0.15, -0.1) is 0 Å². The Morgan fingerprint density at radius 1 is 1.10 bits per heavy atom. The summed E-state index contributed by atoms with van der Waals surface area (Å²) in [4.78, 5) is 17.9. The third-order valence-corrected chi connectivity index (χ3v) is 5.75. The van der Waals surface area contributed by atoms with E-state index in [2.05, 4.69) is 20.5 Å². The number of alkyl halides is 2. The second kappa shape index (κ2) is 6.98. The highest BCUT2D eigenvalue weighted by molar-refractivity contribution is 6.31. The summed E-state index contributed by atoms with van der Waals surface area (Å²) in [6.45, 7) is 0.590. The number of hydrogen-bond acceptors (Lipinski definition) is 3. The van der Waals surface area contributed by atoms with E-state index in [0.29, 0.717) is 34.7 Å². The summed E-state index contributed by atoms with van der Waals surface area (Å²) in [5, 5.41) is 12.0. The minimum Gasteiger partial charge on any atom is -0.371 e. The Labute approximate surface area is 175 Å². The maximum Gasteiger partial charge on any atom is 0.276 e. The van der Waals surface area contributed by atoms with E-state index in [9.17, 15) is 13.6 Å². The van der Waals surface area contributed by atoms with E-state index >= 15 is 0 Å². The van der Waals surface area contributed by atoms with Gasteiger partial charge in [0.15, 0.2) is 5.69 Å². The first-order valence-electron chi connectivity index (χ1n) is 9.58. The van der Waals surface area contributed by atoms with E-state index in [1.165, 1.54) is 0 Å². The smallest absolute Gasteiger partial charge is 0.276 e. The van der Waals surface area contributed by atoms with E-state index in [1.807, 2.05) is 23.1 Å². The highest BCUT2D eigenvalue weighted by atomic mass is 35.5. The lowest BCUT2D eigenvalue weighted by molar-refractivity contribution is -0.0220. The molecule has 1 amide bonds. The zero-order valence-electron chi connectivity index (χ0n) is 15.8. The lowest BCUT2D eigenvalue weighted by atomic mass is 10.1. The summed E-state index contributed by atoms with van der Waals surface area (Å²) in [7, 11) is 0. The predicted molar refractivity (Wildman–Crippen MR) is 114 cm³/mol. The molecule has 0 unspecified atom stereocenters. The monoisotopic (exact) mass is 429 g/mol. The predicted octanol–water partition coefficient (Wildman–Crippen LogP) is 5.19. The number of fused-ring (bicyclic) bond motifs is 2. The van der Waals surface area contributed by atoms with Crippen LogP contribution in [-0.4, -0.2) is 40.1 Å². The van der Waals surface area contributed by atoms with Crippen LogP contribution in [0, 0.1) is 0 Å². The fourth-order valence-electron chi connectivity index (χ4n) is 3.85. The van der Waals surface area contributed by atoms with Crippen LogP contribution in [0.2, 0.25) is 5.02 Å². The highest BCUT2D eigenvalue weighted by Gasteiger charge is 2.34. The molecular weight excluding hydrogens is 412 g/mol. The van der Waals surface area contributed by atoms with Crippen LogP contribution in [0.4, 0.5) is 20.2 Å². The second-order valence-electron chi connectivity index (χ2n) is 7.49. The standard InChI is InChI=1S/C21H18ClF2N5O/c22-12-1-4-16-15(9-12)18(11-25-16)26-20(30)19-14-3-2-13(10-17(14)27-28-19)29-7-5-21(23,24)6-8-29/h1-4,9-11,25H,5-8H2,(H,26,30)(H,27,28). The first-order chi connectivity index (χ1) is 14.4. The van der Waals surface area contributed by atoms with Gasteiger partial charge in [0.25, 0.3) is 11.8 Å². The minimum atomic E-state index is -2.59. The zero-order chi connectivity index (χ0) is 20.9. The van der Waals surface area contributed by atoms with Crippen molar-refractivity contribution in [1.29, 1.82) is 0 Å². The molecule has 0 spiro atoms. The summed E-state index contributed by atoms with van der Waals surface area (Å²) in [5.41, 5.74) is 3.24. The number of carbonyl (C=O) groups excluding carboxylic acids is 1. The van der Waals surface area contributed by atoms with Crippen LogP contribution in [0.5, 0.6) is 0 Å². The van der Waals surface area contributed by atoms with Gasteiger partial charge in [-0.25, -0.2) is 8.78 Å². The number of aromatic nitrogens is 3. The van der Waals surface area contributed by atoms with Crippen LogP contribution in [0.25, 0.3) is 21.8 Å². The average Bonchev–Trinajstić information content (AvgIpc) is 3.31.